The average Bonchev–Trinajstić information content (AvgIpc) is 2.45. The second-order valence-corrected chi connectivity index (χ2v) is 4.73. The summed E-state index contributed by atoms with van der Waals surface area (Å²) in [5.74, 6) is -1.02. The molecular weight excluding hydrogens is 285 g/mol. The van der Waals surface area contributed by atoms with Crippen molar-refractivity contribution >= 4 is 11.7 Å². The molecule has 0 unspecified atom stereocenters. The van der Waals surface area contributed by atoms with Crippen LogP contribution >= 0.6 is 0 Å². The summed E-state index contributed by atoms with van der Waals surface area (Å²) in [5, 5.41) is 8.55. The third-order valence-electron chi connectivity index (χ3n) is 3.28. The fraction of sp³-hybridized carbons (Fsp3) is 0.357. The molecule has 1 aromatic rings. The molecule has 0 aromatic heterocycles. The number of aliphatic carboxylic acids is 1. The standard InChI is InChI=1S/C14H15F3N2O2/c15-14(16,17)11-2-1-3-12(10-11)19-8-6-18(7-9-19)5-4-13(20)21/h1-5,10H,6-9H2,(H,20,21)/b5-4+. The van der Waals surface area contributed by atoms with Crippen LogP contribution in [-0.4, -0.2) is 42.2 Å². The maximum Gasteiger partial charge on any atom is 0.416 e. The van der Waals surface area contributed by atoms with Crippen LogP contribution in [0.1, 0.15) is 5.56 Å². The molecule has 21 heavy (non-hydrogen) atoms. The first kappa shape index (κ1) is 15.2. The number of hydrogen-bond donors (Lipinski definition) is 1. The van der Waals surface area contributed by atoms with E-state index in [-0.39, 0.29) is 0 Å². The van der Waals surface area contributed by atoms with Crippen LogP contribution < -0.4 is 4.90 Å². The van der Waals surface area contributed by atoms with Crippen molar-refractivity contribution < 1.29 is 23.1 Å². The van der Waals surface area contributed by atoms with Crippen molar-refractivity contribution in [2.75, 3.05) is 31.1 Å². The van der Waals surface area contributed by atoms with Gasteiger partial charge in [0.25, 0.3) is 0 Å². The Morgan fingerprint density at radius 2 is 1.86 bits per heavy atom. The van der Waals surface area contributed by atoms with Crippen LogP contribution in [0.4, 0.5) is 18.9 Å². The zero-order valence-electron chi connectivity index (χ0n) is 11.2. The number of hydrogen-bond acceptors (Lipinski definition) is 3. The van der Waals surface area contributed by atoms with E-state index in [1.807, 2.05) is 9.80 Å². The first-order chi connectivity index (χ1) is 9.86. The van der Waals surface area contributed by atoms with Crippen LogP contribution in [0.15, 0.2) is 36.5 Å². The van der Waals surface area contributed by atoms with Crippen molar-refractivity contribution in [3.8, 4) is 0 Å². The smallest absolute Gasteiger partial charge is 0.416 e. The number of benzene rings is 1. The number of halogens is 3. The van der Waals surface area contributed by atoms with E-state index in [9.17, 15) is 18.0 Å². The van der Waals surface area contributed by atoms with Crippen molar-refractivity contribution in [2.24, 2.45) is 0 Å². The van der Waals surface area contributed by atoms with Gasteiger partial charge in [-0.15, -0.1) is 0 Å². The molecule has 0 atom stereocenters. The Balaban J connectivity index is 2.01. The minimum atomic E-state index is -4.35. The highest BCUT2D eigenvalue weighted by Crippen LogP contribution is 2.31. The molecule has 1 fully saturated rings. The minimum Gasteiger partial charge on any atom is -0.478 e. The molecule has 0 saturated carbocycles. The SMILES string of the molecule is O=C(O)/C=C/N1CCN(c2cccc(C(F)(F)F)c2)CC1. The van der Waals surface area contributed by atoms with Crippen molar-refractivity contribution in [1.82, 2.24) is 4.90 Å². The highest BCUT2D eigenvalue weighted by Gasteiger charge is 2.31. The topological polar surface area (TPSA) is 43.8 Å². The van der Waals surface area contributed by atoms with Crippen LogP contribution in [0.3, 0.4) is 0 Å². The number of carboxylic acids is 1. The van der Waals surface area contributed by atoms with Crippen LogP contribution in [0, 0.1) is 0 Å². The number of carbonyl (C=O) groups is 1. The van der Waals surface area contributed by atoms with Gasteiger partial charge in [0.05, 0.1) is 5.56 Å². The monoisotopic (exact) mass is 300 g/mol. The Bertz CT molecular complexity index is 535. The van der Waals surface area contributed by atoms with Gasteiger partial charge < -0.3 is 14.9 Å². The Morgan fingerprint density at radius 1 is 1.19 bits per heavy atom. The summed E-state index contributed by atoms with van der Waals surface area (Å²) in [6.07, 6.45) is -1.80. The molecular formula is C14H15F3N2O2. The second kappa shape index (κ2) is 6.07. The van der Waals surface area contributed by atoms with E-state index in [1.165, 1.54) is 12.3 Å². The van der Waals surface area contributed by atoms with Crippen molar-refractivity contribution in [3.05, 3.63) is 42.1 Å². The maximum atomic E-state index is 12.7. The van der Waals surface area contributed by atoms with E-state index in [0.717, 1.165) is 18.2 Å². The minimum absolute atomic E-state index is 0.534. The number of piperazine rings is 1. The quantitative estimate of drug-likeness (QED) is 0.871. The average molecular weight is 300 g/mol. The lowest BCUT2D eigenvalue weighted by molar-refractivity contribution is -0.137. The van der Waals surface area contributed by atoms with E-state index < -0.39 is 17.7 Å². The highest BCUT2D eigenvalue weighted by molar-refractivity contribution is 5.79. The molecule has 1 aliphatic heterocycles. The fourth-order valence-electron chi connectivity index (χ4n) is 2.18. The molecule has 1 aromatic carbocycles. The molecule has 0 radical (unpaired) electrons. The van der Waals surface area contributed by atoms with Gasteiger partial charge in [-0.25, -0.2) is 4.79 Å². The number of rotatable bonds is 3. The molecule has 2 rings (SSSR count). The summed E-state index contributed by atoms with van der Waals surface area (Å²) in [6.45, 7) is 2.23. The lowest BCUT2D eigenvalue weighted by Gasteiger charge is -2.35. The number of carboxylic acid groups (broad SMARTS) is 1. The van der Waals surface area contributed by atoms with E-state index in [2.05, 4.69) is 0 Å². The largest absolute Gasteiger partial charge is 0.478 e. The third-order valence-corrected chi connectivity index (χ3v) is 3.28. The van der Waals surface area contributed by atoms with Gasteiger partial charge in [-0.2, -0.15) is 13.2 Å². The Labute approximate surface area is 120 Å². The summed E-state index contributed by atoms with van der Waals surface area (Å²) in [5.41, 5.74) is -0.125. The summed E-state index contributed by atoms with van der Waals surface area (Å²) < 4.78 is 38.0. The highest BCUT2D eigenvalue weighted by atomic mass is 19.4. The first-order valence-electron chi connectivity index (χ1n) is 6.43. The first-order valence-corrected chi connectivity index (χ1v) is 6.43. The lowest BCUT2D eigenvalue weighted by atomic mass is 10.1. The van der Waals surface area contributed by atoms with Crippen LogP contribution in [0.25, 0.3) is 0 Å². The predicted octanol–water partition coefficient (Wildman–Crippen LogP) is 2.43. The van der Waals surface area contributed by atoms with Crippen LogP contribution in [-0.2, 0) is 11.0 Å². The van der Waals surface area contributed by atoms with Gasteiger partial charge in [0, 0.05) is 44.1 Å². The third kappa shape index (κ3) is 4.14. The molecule has 4 nitrogen and oxygen atoms in total. The van der Waals surface area contributed by atoms with Crippen molar-refractivity contribution in [2.45, 2.75) is 6.18 Å². The molecule has 0 spiro atoms. The fourth-order valence-corrected chi connectivity index (χ4v) is 2.18. The van der Waals surface area contributed by atoms with E-state index in [0.29, 0.717) is 31.9 Å². The van der Waals surface area contributed by atoms with E-state index >= 15 is 0 Å². The molecule has 0 bridgehead atoms. The molecule has 7 heteroatoms. The summed E-state index contributed by atoms with van der Waals surface area (Å²) in [7, 11) is 0. The Hall–Kier alpha value is -2.18. The maximum absolute atomic E-state index is 12.7. The number of alkyl halides is 3. The second-order valence-electron chi connectivity index (χ2n) is 4.73. The molecule has 0 amide bonds. The Morgan fingerprint density at radius 3 is 2.43 bits per heavy atom. The molecule has 1 saturated heterocycles. The van der Waals surface area contributed by atoms with Crippen molar-refractivity contribution in [3.63, 3.8) is 0 Å². The molecule has 0 aliphatic carbocycles. The van der Waals surface area contributed by atoms with Gasteiger partial charge in [-0.3, -0.25) is 0 Å². The summed E-state index contributed by atoms with van der Waals surface area (Å²) in [6, 6.07) is 5.24. The van der Waals surface area contributed by atoms with Gasteiger partial charge in [0.1, 0.15) is 0 Å². The van der Waals surface area contributed by atoms with E-state index in [4.69, 9.17) is 5.11 Å². The molecule has 1 heterocycles. The molecule has 1 N–H and O–H groups in total. The molecule has 1 aliphatic rings. The zero-order chi connectivity index (χ0) is 15.5. The normalized spacial score (nSPS) is 16.5. The van der Waals surface area contributed by atoms with E-state index in [1.54, 1.807) is 6.07 Å². The number of anilines is 1. The van der Waals surface area contributed by atoms with Gasteiger partial charge in [0.15, 0.2) is 0 Å². The van der Waals surface area contributed by atoms with Gasteiger partial charge in [-0.05, 0) is 18.2 Å². The van der Waals surface area contributed by atoms with Crippen molar-refractivity contribution in [1.29, 1.82) is 0 Å². The molecule has 114 valence electrons. The summed E-state index contributed by atoms with van der Waals surface area (Å²) >= 11 is 0. The summed E-state index contributed by atoms with van der Waals surface area (Å²) in [4.78, 5) is 14.1. The zero-order valence-corrected chi connectivity index (χ0v) is 11.2. The van der Waals surface area contributed by atoms with Crippen LogP contribution in [0.5, 0.6) is 0 Å². The lowest BCUT2D eigenvalue weighted by Crippen LogP contribution is -2.44. The number of nitrogens with zero attached hydrogens (tertiary/aromatic N) is 2. The van der Waals surface area contributed by atoms with Gasteiger partial charge in [0.2, 0.25) is 0 Å². The van der Waals surface area contributed by atoms with Crippen LogP contribution in [0.2, 0.25) is 0 Å². The van der Waals surface area contributed by atoms with Gasteiger partial charge >= 0.3 is 12.1 Å². The van der Waals surface area contributed by atoms with Gasteiger partial charge in [-0.1, -0.05) is 6.07 Å². The predicted molar refractivity (Wildman–Crippen MR) is 72.0 cm³/mol. The Kier molecular flexibility index (Phi) is 4.40.